The number of H-pyrrole nitrogens is 2. The SMILES string of the molecule is COC(=O)CC[C@H](NC(=O)c1ccc(CCc2c[nH]c3nc(N)[nH]c(=O)c23)cc1)C(=O)O. The summed E-state index contributed by atoms with van der Waals surface area (Å²) in [6, 6.07) is 5.49. The molecule has 11 nitrogen and oxygen atoms in total. The fourth-order valence-electron chi connectivity index (χ4n) is 3.28. The first-order valence-corrected chi connectivity index (χ1v) is 9.83. The number of methoxy groups -OCH3 is 1. The molecule has 0 aliphatic carbocycles. The van der Waals surface area contributed by atoms with Crippen molar-refractivity contribution in [2.24, 2.45) is 0 Å². The zero-order chi connectivity index (χ0) is 23.3. The van der Waals surface area contributed by atoms with Crippen molar-refractivity contribution >= 4 is 34.8 Å². The Kier molecular flexibility index (Phi) is 6.88. The highest BCUT2D eigenvalue weighted by Crippen LogP contribution is 2.16. The Balaban J connectivity index is 1.62. The Morgan fingerprint density at radius 3 is 2.59 bits per heavy atom. The molecular weight excluding hydrogens is 418 g/mol. The van der Waals surface area contributed by atoms with E-state index in [0.717, 1.165) is 11.1 Å². The van der Waals surface area contributed by atoms with Crippen LogP contribution in [-0.2, 0) is 27.2 Å². The Morgan fingerprint density at radius 1 is 1.22 bits per heavy atom. The van der Waals surface area contributed by atoms with Gasteiger partial charge in [-0.1, -0.05) is 12.1 Å². The van der Waals surface area contributed by atoms with E-state index in [9.17, 15) is 24.3 Å². The lowest BCUT2D eigenvalue weighted by atomic mass is 10.0. The molecule has 2 aromatic heterocycles. The molecule has 32 heavy (non-hydrogen) atoms. The number of nitrogens with one attached hydrogen (secondary N) is 3. The molecule has 0 saturated heterocycles. The minimum Gasteiger partial charge on any atom is -0.480 e. The lowest BCUT2D eigenvalue weighted by Crippen LogP contribution is -2.41. The van der Waals surface area contributed by atoms with Gasteiger partial charge in [0.25, 0.3) is 11.5 Å². The largest absolute Gasteiger partial charge is 0.480 e. The first-order valence-electron chi connectivity index (χ1n) is 9.83. The predicted molar refractivity (Wildman–Crippen MR) is 115 cm³/mol. The van der Waals surface area contributed by atoms with E-state index in [4.69, 9.17) is 5.73 Å². The summed E-state index contributed by atoms with van der Waals surface area (Å²) in [6.45, 7) is 0. The molecule has 0 aliphatic rings. The third kappa shape index (κ3) is 5.31. The second kappa shape index (κ2) is 9.77. The molecule has 168 valence electrons. The van der Waals surface area contributed by atoms with E-state index in [1.165, 1.54) is 7.11 Å². The predicted octanol–water partition coefficient (Wildman–Crippen LogP) is 0.755. The fraction of sp³-hybridized carbons (Fsp3) is 0.286. The summed E-state index contributed by atoms with van der Waals surface area (Å²) in [5.74, 6) is -2.30. The van der Waals surface area contributed by atoms with Gasteiger partial charge < -0.3 is 25.9 Å². The number of amides is 1. The van der Waals surface area contributed by atoms with Gasteiger partial charge in [-0.25, -0.2) is 4.79 Å². The Hall–Kier alpha value is -4.15. The number of aromatic amines is 2. The molecule has 2 heterocycles. The molecule has 11 heteroatoms. The Labute approximate surface area is 182 Å². The minimum absolute atomic E-state index is 0.0419. The summed E-state index contributed by atoms with van der Waals surface area (Å²) in [5, 5.41) is 12.1. The van der Waals surface area contributed by atoms with Crippen LogP contribution in [0.3, 0.4) is 0 Å². The zero-order valence-electron chi connectivity index (χ0n) is 17.3. The molecule has 3 rings (SSSR count). The van der Waals surface area contributed by atoms with Crippen molar-refractivity contribution in [1.29, 1.82) is 0 Å². The van der Waals surface area contributed by atoms with Crippen LogP contribution in [0.4, 0.5) is 5.95 Å². The Bertz CT molecular complexity index is 1200. The molecule has 1 atom stereocenters. The van der Waals surface area contributed by atoms with Crippen LogP contribution in [0.5, 0.6) is 0 Å². The van der Waals surface area contributed by atoms with E-state index >= 15 is 0 Å². The monoisotopic (exact) mass is 441 g/mol. The van der Waals surface area contributed by atoms with Crippen LogP contribution in [0.1, 0.15) is 34.3 Å². The molecule has 1 aromatic carbocycles. The van der Waals surface area contributed by atoms with Gasteiger partial charge in [-0.15, -0.1) is 0 Å². The van der Waals surface area contributed by atoms with Gasteiger partial charge in [-0.3, -0.25) is 19.4 Å². The number of anilines is 1. The first kappa shape index (κ1) is 22.5. The van der Waals surface area contributed by atoms with E-state index in [-0.39, 0.29) is 24.3 Å². The van der Waals surface area contributed by atoms with Crippen LogP contribution in [0, 0.1) is 0 Å². The first-order chi connectivity index (χ1) is 15.3. The molecule has 0 bridgehead atoms. The summed E-state index contributed by atoms with van der Waals surface area (Å²) >= 11 is 0. The lowest BCUT2D eigenvalue weighted by molar-refractivity contribution is -0.142. The number of hydrogen-bond donors (Lipinski definition) is 5. The quantitative estimate of drug-likeness (QED) is 0.302. The number of carboxylic acid groups (broad SMARTS) is 1. The molecule has 1 amide bonds. The average Bonchev–Trinajstić information content (AvgIpc) is 3.17. The molecule has 0 aliphatic heterocycles. The van der Waals surface area contributed by atoms with E-state index < -0.39 is 23.9 Å². The molecule has 0 fully saturated rings. The number of carboxylic acids is 1. The number of ether oxygens (including phenoxy) is 1. The van der Waals surface area contributed by atoms with Crippen LogP contribution in [0.15, 0.2) is 35.3 Å². The second-order valence-corrected chi connectivity index (χ2v) is 7.16. The van der Waals surface area contributed by atoms with Crippen molar-refractivity contribution in [2.45, 2.75) is 31.7 Å². The van der Waals surface area contributed by atoms with Crippen LogP contribution in [0.25, 0.3) is 11.0 Å². The van der Waals surface area contributed by atoms with Crippen LogP contribution >= 0.6 is 0 Å². The fourth-order valence-corrected chi connectivity index (χ4v) is 3.28. The van der Waals surface area contributed by atoms with Gasteiger partial charge in [0.05, 0.1) is 12.5 Å². The maximum atomic E-state index is 12.4. The molecule has 0 saturated carbocycles. The number of nitrogens with two attached hydrogens (primary N) is 1. The summed E-state index contributed by atoms with van der Waals surface area (Å²) in [6.07, 6.45) is 2.69. The maximum absolute atomic E-state index is 12.4. The van der Waals surface area contributed by atoms with Gasteiger partial charge in [0, 0.05) is 18.2 Å². The van der Waals surface area contributed by atoms with Crippen molar-refractivity contribution in [3.8, 4) is 0 Å². The molecule has 0 spiro atoms. The van der Waals surface area contributed by atoms with Crippen LogP contribution in [-0.4, -0.2) is 51.1 Å². The molecule has 0 unspecified atom stereocenters. The standard InChI is InChI=1S/C21H23N5O6/c1-32-15(27)9-8-14(20(30)31)24-18(28)12-5-2-11(3-6-12)4-7-13-10-23-17-16(13)19(29)26-21(22)25-17/h2-3,5-6,10,14H,4,7-9H2,1H3,(H,24,28)(H,30,31)(H4,22,23,25,26,29)/t14-/m0/s1. The number of benzene rings is 1. The van der Waals surface area contributed by atoms with Crippen molar-refractivity contribution in [3.63, 3.8) is 0 Å². The van der Waals surface area contributed by atoms with E-state index in [2.05, 4.69) is 25.0 Å². The van der Waals surface area contributed by atoms with Gasteiger partial charge in [0.1, 0.15) is 11.7 Å². The smallest absolute Gasteiger partial charge is 0.326 e. The maximum Gasteiger partial charge on any atom is 0.326 e. The van der Waals surface area contributed by atoms with Crippen LogP contribution in [0.2, 0.25) is 0 Å². The number of aliphatic carboxylic acids is 1. The summed E-state index contributed by atoms with van der Waals surface area (Å²) in [5.41, 5.74) is 7.68. The van der Waals surface area contributed by atoms with E-state index in [0.29, 0.717) is 29.4 Å². The summed E-state index contributed by atoms with van der Waals surface area (Å²) in [4.78, 5) is 56.6. The Morgan fingerprint density at radius 2 is 1.94 bits per heavy atom. The highest BCUT2D eigenvalue weighted by molar-refractivity contribution is 5.96. The molecule has 3 aromatic rings. The van der Waals surface area contributed by atoms with Crippen molar-refractivity contribution in [2.75, 3.05) is 12.8 Å². The number of aromatic nitrogens is 3. The normalized spacial score (nSPS) is 11.8. The number of rotatable bonds is 9. The lowest BCUT2D eigenvalue weighted by Gasteiger charge is -2.14. The number of carbonyl (C=O) groups excluding carboxylic acids is 2. The van der Waals surface area contributed by atoms with E-state index in [1.54, 1.807) is 30.5 Å². The summed E-state index contributed by atoms with van der Waals surface area (Å²) < 4.78 is 4.49. The molecule has 6 N–H and O–H groups in total. The molecule has 0 radical (unpaired) electrons. The number of nitrogens with zero attached hydrogens (tertiary/aromatic N) is 1. The highest BCUT2D eigenvalue weighted by atomic mass is 16.5. The van der Waals surface area contributed by atoms with Gasteiger partial charge in [-0.2, -0.15) is 4.98 Å². The highest BCUT2D eigenvalue weighted by Gasteiger charge is 2.22. The van der Waals surface area contributed by atoms with Gasteiger partial charge >= 0.3 is 11.9 Å². The van der Waals surface area contributed by atoms with Crippen molar-refractivity contribution < 1.29 is 24.2 Å². The number of carbonyl (C=O) groups is 3. The van der Waals surface area contributed by atoms with Gasteiger partial charge in [0.2, 0.25) is 5.95 Å². The third-order valence-electron chi connectivity index (χ3n) is 5.01. The van der Waals surface area contributed by atoms with Crippen molar-refractivity contribution in [3.05, 3.63) is 57.5 Å². The van der Waals surface area contributed by atoms with Crippen molar-refractivity contribution in [1.82, 2.24) is 20.3 Å². The zero-order valence-corrected chi connectivity index (χ0v) is 17.3. The minimum atomic E-state index is -1.23. The number of fused-ring (bicyclic) bond motifs is 1. The summed E-state index contributed by atoms with van der Waals surface area (Å²) in [7, 11) is 1.21. The second-order valence-electron chi connectivity index (χ2n) is 7.16. The number of hydrogen-bond acceptors (Lipinski definition) is 7. The van der Waals surface area contributed by atoms with Crippen LogP contribution < -0.4 is 16.6 Å². The number of esters is 1. The molecular formula is C21H23N5O6. The average molecular weight is 441 g/mol. The third-order valence-corrected chi connectivity index (χ3v) is 5.01. The number of nitrogen functional groups attached to an aromatic ring is 1. The topological polar surface area (TPSA) is 180 Å². The number of aryl methyl sites for hydroxylation is 2. The van der Waals surface area contributed by atoms with Gasteiger partial charge in [0.15, 0.2) is 0 Å². The van der Waals surface area contributed by atoms with E-state index in [1.807, 2.05) is 0 Å². The van der Waals surface area contributed by atoms with Gasteiger partial charge in [-0.05, 0) is 42.5 Å².